The van der Waals surface area contributed by atoms with Gasteiger partial charge in [0.05, 0.1) is 17.4 Å². The Balaban J connectivity index is 1.85. The number of aliphatic hydroxyl groups excluding tert-OH is 1. The predicted molar refractivity (Wildman–Crippen MR) is 119 cm³/mol. The highest BCUT2D eigenvalue weighted by Crippen LogP contribution is 2.25. The van der Waals surface area contributed by atoms with Crippen molar-refractivity contribution in [3.05, 3.63) is 52.1 Å². The first-order valence-electron chi connectivity index (χ1n) is 10.9. The standard InChI is InChI=1S/C24H30FN3O4/c1-5-19-20(23(31)27-16-8-11-18(25)13(2)12-16)14(3)21(28(19)4)22(30)24(32)26-15-6-9-17(29)10-7-15/h8,11-12,15,17,29H,5-7,9-10H2,1-4H3,(H,26,32)(H,27,31)/t15-,17+. The zero-order chi connectivity index (χ0) is 23.6. The van der Waals surface area contributed by atoms with Crippen LogP contribution in [0.15, 0.2) is 18.2 Å². The molecule has 0 radical (unpaired) electrons. The van der Waals surface area contributed by atoms with Crippen molar-refractivity contribution in [1.29, 1.82) is 0 Å². The number of aliphatic hydroxyl groups is 1. The summed E-state index contributed by atoms with van der Waals surface area (Å²) in [6, 6.07) is 4.15. The van der Waals surface area contributed by atoms with E-state index < -0.39 is 17.6 Å². The molecule has 7 nitrogen and oxygen atoms in total. The lowest BCUT2D eigenvalue weighted by molar-refractivity contribution is -0.118. The van der Waals surface area contributed by atoms with Crippen LogP contribution >= 0.6 is 0 Å². The largest absolute Gasteiger partial charge is 0.393 e. The Morgan fingerprint density at radius 1 is 1.16 bits per heavy atom. The minimum Gasteiger partial charge on any atom is -0.393 e. The fourth-order valence-electron chi connectivity index (χ4n) is 4.42. The van der Waals surface area contributed by atoms with Gasteiger partial charge in [0, 0.05) is 24.5 Å². The number of carbonyl (C=O) groups is 3. The maximum absolute atomic E-state index is 13.5. The number of ketones is 1. The van der Waals surface area contributed by atoms with Crippen LogP contribution in [0.2, 0.25) is 0 Å². The molecule has 172 valence electrons. The lowest BCUT2D eigenvalue weighted by Gasteiger charge is -2.25. The van der Waals surface area contributed by atoms with Crippen molar-refractivity contribution in [3.63, 3.8) is 0 Å². The van der Waals surface area contributed by atoms with Gasteiger partial charge in [0.2, 0.25) is 0 Å². The quantitative estimate of drug-likeness (QED) is 0.471. The van der Waals surface area contributed by atoms with E-state index >= 15 is 0 Å². The Morgan fingerprint density at radius 2 is 1.81 bits per heavy atom. The van der Waals surface area contributed by atoms with Crippen LogP contribution in [-0.4, -0.2) is 39.4 Å². The zero-order valence-corrected chi connectivity index (χ0v) is 18.9. The van der Waals surface area contributed by atoms with Gasteiger partial charge in [-0.2, -0.15) is 0 Å². The number of hydrogen-bond donors (Lipinski definition) is 3. The Hall–Kier alpha value is -3.00. The zero-order valence-electron chi connectivity index (χ0n) is 18.9. The Bertz CT molecular complexity index is 1050. The van der Waals surface area contributed by atoms with Crippen molar-refractivity contribution < 1.29 is 23.9 Å². The molecule has 2 amide bonds. The highest BCUT2D eigenvalue weighted by atomic mass is 19.1. The first kappa shape index (κ1) is 23.7. The molecule has 2 aromatic rings. The first-order chi connectivity index (χ1) is 15.1. The van der Waals surface area contributed by atoms with Crippen molar-refractivity contribution in [3.8, 4) is 0 Å². The lowest BCUT2D eigenvalue weighted by Crippen LogP contribution is -2.42. The smallest absolute Gasteiger partial charge is 0.294 e. The van der Waals surface area contributed by atoms with E-state index in [1.807, 2.05) is 6.92 Å². The third kappa shape index (κ3) is 4.75. The summed E-state index contributed by atoms with van der Waals surface area (Å²) in [6.07, 6.45) is 2.56. The van der Waals surface area contributed by atoms with Crippen LogP contribution in [0.1, 0.15) is 70.3 Å². The average molecular weight is 444 g/mol. The van der Waals surface area contributed by atoms with E-state index in [2.05, 4.69) is 10.6 Å². The number of halogens is 1. The minimum absolute atomic E-state index is 0.148. The topological polar surface area (TPSA) is 100 Å². The summed E-state index contributed by atoms with van der Waals surface area (Å²) in [7, 11) is 1.67. The summed E-state index contributed by atoms with van der Waals surface area (Å²) in [5, 5.41) is 15.2. The maximum atomic E-state index is 13.5. The summed E-state index contributed by atoms with van der Waals surface area (Å²) in [4.78, 5) is 38.7. The predicted octanol–water partition coefficient (Wildman–Crippen LogP) is 3.20. The van der Waals surface area contributed by atoms with Gasteiger partial charge in [0.1, 0.15) is 5.82 Å². The van der Waals surface area contributed by atoms with E-state index in [9.17, 15) is 23.9 Å². The molecule has 0 bridgehead atoms. The molecule has 0 aliphatic heterocycles. The number of aromatic nitrogens is 1. The molecule has 3 rings (SSSR count). The fraction of sp³-hybridized carbons (Fsp3) is 0.458. The molecule has 32 heavy (non-hydrogen) atoms. The maximum Gasteiger partial charge on any atom is 0.294 e. The van der Waals surface area contributed by atoms with Gasteiger partial charge in [-0.25, -0.2) is 4.39 Å². The Labute approximate surface area is 187 Å². The molecule has 1 aliphatic carbocycles. The molecule has 0 unspecified atom stereocenters. The van der Waals surface area contributed by atoms with Gasteiger partial charge in [0.15, 0.2) is 0 Å². The number of rotatable bonds is 6. The third-order valence-corrected chi connectivity index (χ3v) is 6.19. The number of benzene rings is 1. The number of nitrogens with one attached hydrogen (secondary N) is 2. The van der Waals surface area contributed by atoms with Crippen LogP contribution in [0.5, 0.6) is 0 Å². The third-order valence-electron chi connectivity index (χ3n) is 6.19. The second kappa shape index (κ2) is 9.65. The molecule has 8 heteroatoms. The van der Waals surface area contributed by atoms with Crippen LogP contribution in [0.4, 0.5) is 10.1 Å². The van der Waals surface area contributed by atoms with Gasteiger partial charge in [0.25, 0.3) is 17.6 Å². The van der Waals surface area contributed by atoms with Crippen molar-refractivity contribution in [2.24, 2.45) is 7.05 Å². The lowest BCUT2D eigenvalue weighted by atomic mass is 9.93. The van der Waals surface area contributed by atoms with Gasteiger partial charge in [-0.15, -0.1) is 0 Å². The molecule has 0 saturated heterocycles. The van der Waals surface area contributed by atoms with Crippen molar-refractivity contribution in [2.45, 2.75) is 65.0 Å². The van der Waals surface area contributed by atoms with Crippen LogP contribution in [0.25, 0.3) is 0 Å². The number of anilines is 1. The molecule has 0 spiro atoms. The molecule has 1 aromatic carbocycles. The van der Waals surface area contributed by atoms with Gasteiger partial charge in [-0.05, 0) is 75.3 Å². The van der Waals surface area contributed by atoms with E-state index in [0.717, 1.165) is 0 Å². The van der Waals surface area contributed by atoms with E-state index in [1.54, 1.807) is 25.5 Å². The van der Waals surface area contributed by atoms with Crippen LogP contribution in [0.3, 0.4) is 0 Å². The van der Waals surface area contributed by atoms with E-state index in [0.29, 0.717) is 60.2 Å². The van der Waals surface area contributed by atoms with Crippen LogP contribution in [-0.2, 0) is 18.3 Å². The summed E-state index contributed by atoms with van der Waals surface area (Å²) in [6.45, 7) is 5.13. The summed E-state index contributed by atoms with van der Waals surface area (Å²) < 4.78 is 15.1. The van der Waals surface area contributed by atoms with Crippen molar-refractivity contribution in [2.75, 3.05) is 5.32 Å². The number of aryl methyl sites for hydroxylation is 1. The van der Waals surface area contributed by atoms with Crippen LogP contribution < -0.4 is 10.6 Å². The Morgan fingerprint density at radius 3 is 2.41 bits per heavy atom. The molecule has 3 N–H and O–H groups in total. The molecule has 1 aromatic heterocycles. The minimum atomic E-state index is -0.709. The number of hydrogen-bond acceptors (Lipinski definition) is 4. The molecule has 1 fully saturated rings. The van der Waals surface area contributed by atoms with E-state index in [-0.39, 0.29) is 23.7 Å². The second-order valence-electron chi connectivity index (χ2n) is 8.43. The van der Waals surface area contributed by atoms with Gasteiger partial charge in [-0.1, -0.05) is 6.92 Å². The summed E-state index contributed by atoms with van der Waals surface area (Å²) >= 11 is 0. The van der Waals surface area contributed by atoms with Gasteiger partial charge >= 0.3 is 0 Å². The highest BCUT2D eigenvalue weighted by molar-refractivity contribution is 6.43. The van der Waals surface area contributed by atoms with Gasteiger partial charge < -0.3 is 20.3 Å². The fourth-order valence-corrected chi connectivity index (χ4v) is 4.42. The summed E-state index contributed by atoms with van der Waals surface area (Å²) in [5.74, 6) is -2.18. The highest BCUT2D eigenvalue weighted by Gasteiger charge is 2.31. The molecule has 1 saturated carbocycles. The number of nitrogens with zero attached hydrogens (tertiary/aromatic N) is 1. The molecule has 0 atom stereocenters. The number of amides is 2. The Kier molecular flexibility index (Phi) is 7.13. The number of carbonyl (C=O) groups excluding carboxylic acids is 3. The second-order valence-corrected chi connectivity index (χ2v) is 8.43. The SMILES string of the molecule is CCc1c(C(=O)Nc2ccc(F)c(C)c2)c(C)c(C(=O)C(=O)N[C@H]2CC[C@@H](O)CC2)n1C. The van der Waals surface area contributed by atoms with Crippen molar-refractivity contribution in [1.82, 2.24) is 9.88 Å². The monoisotopic (exact) mass is 443 g/mol. The molecular weight excluding hydrogens is 413 g/mol. The normalized spacial score (nSPS) is 18.3. The van der Waals surface area contributed by atoms with Crippen molar-refractivity contribution >= 4 is 23.3 Å². The van der Waals surface area contributed by atoms with E-state index in [4.69, 9.17) is 0 Å². The van der Waals surface area contributed by atoms with Gasteiger partial charge in [-0.3, -0.25) is 14.4 Å². The summed E-state index contributed by atoms with van der Waals surface area (Å²) in [5.41, 5.74) is 2.44. The van der Waals surface area contributed by atoms with E-state index in [1.165, 1.54) is 18.2 Å². The van der Waals surface area contributed by atoms with Crippen LogP contribution in [0, 0.1) is 19.7 Å². The molecular formula is C24H30FN3O4. The first-order valence-corrected chi connectivity index (χ1v) is 10.9. The molecule has 1 heterocycles. The average Bonchev–Trinajstić information content (AvgIpc) is 3.01. The molecule has 1 aliphatic rings. The number of Topliss-reactive ketones (excluding diaryl/α,β-unsaturated/α-hetero) is 1.